The minimum atomic E-state index is 0.193. The van der Waals surface area contributed by atoms with Crippen molar-refractivity contribution in [1.82, 2.24) is 10.2 Å². The molecule has 1 heterocycles. The van der Waals surface area contributed by atoms with Crippen molar-refractivity contribution in [2.45, 2.75) is 52.6 Å². The summed E-state index contributed by atoms with van der Waals surface area (Å²) in [6, 6.07) is 0.667. The van der Waals surface area contributed by atoms with Gasteiger partial charge in [0.15, 0.2) is 0 Å². The van der Waals surface area contributed by atoms with Crippen molar-refractivity contribution in [3.8, 4) is 0 Å². The number of hydrogen-bond acceptors (Lipinski definition) is 2. The van der Waals surface area contributed by atoms with Crippen LogP contribution in [0.15, 0.2) is 0 Å². The number of hydrogen-bond donors (Lipinski definition) is 1. The Balaban J connectivity index is 2.62. The van der Waals surface area contributed by atoms with Gasteiger partial charge >= 0.3 is 0 Å². The van der Waals surface area contributed by atoms with Crippen molar-refractivity contribution >= 4 is 5.91 Å². The van der Waals surface area contributed by atoms with E-state index >= 15 is 0 Å². The van der Waals surface area contributed by atoms with E-state index in [1.807, 2.05) is 4.90 Å². The fourth-order valence-corrected chi connectivity index (χ4v) is 2.27. The Morgan fingerprint density at radius 2 is 2.20 bits per heavy atom. The van der Waals surface area contributed by atoms with Crippen LogP contribution in [0.1, 0.15) is 40.5 Å². The molecule has 0 aliphatic carbocycles. The summed E-state index contributed by atoms with van der Waals surface area (Å²) >= 11 is 0. The summed E-state index contributed by atoms with van der Waals surface area (Å²) in [5.74, 6) is 0.531. The molecule has 0 spiro atoms. The second-order valence-corrected chi connectivity index (χ2v) is 4.76. The molecule has 88 valence electrons. The number of nitrogens with zero attached hydrogens (tertiary/aromatic N) is 1. The molecule has 0 bridgehead atoms. The third kappa shape index (κ3) is 2.94. The molecule has 0 aromatic rings. The predicted molar refractivity (Wildman–Crippen MR) is 62.7 cm³/mol. The number of rotatable bonds is 4. The predicted octanol–water partition coefficient (Wildman–Crippen LogP) is 1.63. The molecule has 0 saturated carbocycles. The van der Waals surface area contributed by atoms with E-state index in [1.165, 1.54) is 0 Å². The fraction of sp³-hybridized carbons (Fsp3) is 0.917. The lowest BCUT2D eigenvalue weighted by Crippen LogP contribution is -2.44. The zero-order chi connectivity index (χ0) is 11.4. The molecule has 2 atom stereocenters. The SMILES string of the molecule is CCCN(C(=O)C1CCNC1C)C(C)C. The van der Waals surface area contributed by atoms with E-state index in [-0.39, 0.29) is 5.92 Å². The highest BCUT2D eigenvalue weighted by molar-refractivity contribution is 5.80. The van der Waals surface area contributed by atoms with Crippen molar-refractivity contribution in [1.29, 1.82) is 0 Å². The van der Waals surface area contributed by atoms with Crippen LogP contribution in [-0.2, 0) is 4.79 Å². The average molecular weight is 212 g/mol. The molecule has 2 unspecified atom stereocenters. The maximum atomic E-state index is 12.3. The van der Waals surface area contributed by atoms with Gasteiger partial charge in [0, 0.05) is 18.6 Å². The first kappa shape index (κ1) is 12.5. The van der Waals surface area contributed by atoms with Gasteiger partial charge in [-0.05, 0) is 40.2 Å². The standard InChI is InChI=1S/C12H24N2O/c1-5-8-14(9(2)3)12(15)11-6-7-13-10(11)4/h9-11,13H,5-8H2,1-4H3. The van der Waals surface area contributed by atoms with E-state index in [1.54, 1.807) is 0 Å². The van der Waals surface area contributed by atoms with Crippen LogP contribution in [0, 0.1) is 5.92 Å². The number of carbonyl (C=O) groups excluding carboxylic acids is 1. The normalized spacial score (nSPS) is 25.9. The first-order valence-electron chi connectivity index (χ1n) is 6.11. The van der Waals surface area contributed by atoms with Crippen LogP contribution >= 0.6 is 0 Å². The van der Waals surface area contributed by atoms with E-state index in [0.717, 1.165) is 25.9 Å². The summed E-state index contributed by atoms with van der Waals surface area (Å²) in [6.45, 7) is 10.3. The van der Waals surface area contributed by atoms with Gasteiger partial charge in [-0.3, -0.25) is 4.79 Å². The molecule has 1 rings (SSSR count). The van der Waals surface area contributed by atoms with Crippen LogP contribution in [0.25, 0.3) is 0 Å². The van der Waals surface area contributed by atoms with Gasteiger partial charge in [0.1, 0.15) is 0 Å². The monoisotopic (exact) mass is 212 g/mol. The second kappa shape index (κ2) is 5.50. The quantitative estimate of drug-likeness (QED) is 0.768. The van der Waals surface area contributed by atoms with Crippen LogP contribution in [0.2, 0.25) is 0 Å². The first-order valence-corrected chi connectivity index (χ1v) is 6.11. The summed E-state index contributed by atoms with van der Waals surface area (Å²) in [5, 5.41) is 3.34. The summed E-state index contributed by atoms with van der Waals surface area (Å²) in [7, 11) is 0. The minimum Gasteiger partial charge on any atom is -0.340 e. The van der Waals surface area contributed by atoms with Gasteiger partial charge in [0.05, 0.1) is 5.92 Å². The Labute approximate surface area is 93.2 Å². The summed E-state index contributed by atoms with van der Waals surface area (Å²) in [6.07, 6.45) is 2.03. The molecule has 1 aliphatic heterocycles. The smallest absolute Gasteiger partial charge is 0.227 e. The third-order valence-electron chi connectivity index (χ3n) is 3.21. The third-order valence-corrected chi connectivity index (χ3v) is 3.21. The van der Waals surface area contributed by atoms with Gasteiger partial charge in [-0.15, -0.1) is 0 Å². The lowest BCUT2D eigenvalue weighted by molar-refractivity contribution is -0.137. The molecule has 1 aliphatic rings. The Morgan fingerprint density at radius 1 is 1.53 bits per heavy atom. The highest BCUT2D eigenvalue weighted by Gasteiger charge is 2.33. The molecule has 1 amide bonds. The molecule has 1 N–H and O–H groups in total. The van der Waals surface area contributed by atoms with Gasteiger partial charge < -0.3 is 10.2 Å². The molecule has 0 aromatic carbocycles. The number of nitrogens with one attached hydrogen (secondary N) is 1. The van der Waals surface area contributed by atoms with Crippen LogP contribution in [-0.4, -0.2) is 36.0 Å². The van der Waals surface area contributed by atoms with Gasteiger partial charge in [0.2, 0.25) is 5.91 Å². The van der Waals surface area contributed by atoms with Crippen molar-refractivity contribution in [3.05, 3.63) is 0 Å². The molecule has 3 heteroatoms. The van der Waals surface area contributed by atoms with Crippen molar-refractivity contribution in [2.24, 2.45) is 5.92 Å². The summed E-state index contributed by atoms with van der Waals surface area (Å²) < 4.78 is 0. The van der Waals surface area contributed by atoms with E-state index in [2.05, 4.69) is 33.0 Å². The fourth-order valence-electron chi connectivity index (χ4n) is 2.27. The summed E-state index contributed by atoms with van der Waals surface area (Å²) in [4.78, 5) is 14.3. The van der Waals surface area contributed by atoms with Crippen molar-refractivity contribution < 1.29 is 4.79 Å². The maximum absolute atomic E-state index is 12.3. The molecule has 3 nitrogen and oxygen atoms in total. The van der Waals surface area contributed by atoms with Crippen molar-refractivity contribution in [3.63, 3.8) is 0 Å². The Kier molecular flexibility index (Phi) is 4.58. The highest BCUT2D eigenvalue weighted by atomic mass is 16.2. The zero-order valence-electron chi connectivity index (χ0n) is 10.4. The largest absolute Gasteiger partial charge is 0.340 e. The second-order valence-electron chi connectivity index (χ2n) is 4.76. The Hall–Kier alpha value is -0.570. The Bertz CT molecular complexity index is 216. The van der Waals surface area contributed by atoms with Crippen LogP contribution in [0.3, 0.4) is 0 Å². The van der Waals surface area contributed by atoms with E-state index in [9.17, 15) is 4.79 Å². The van der Waals surface area contributed by atoms with Gasteiger partial charge in [-0.2, -0.15) is 0 Å². The van der Waals surface area contributed by atoms with Gasteiger partial charge in [0.25, 0.3) is 0 Å². The highest BCUT2D eigenvalue weighted by Crippen LogP contribution is 2.19. The lowest BCUT2D eigenvalue weighted by atomic mass is 9.99. The lowest BCUT2D eigenvalue weighted by Gasteiger charge is -2.30. The van der Waals surface area contributed by atoms with Gasteiger partial charge in [-0.1, -0.05) is 6.92 Å². The van der Waals surface area contributed by atoms with Gasteiger partial charge in [-0.25, -0.2) is 0 Å². The Morgan fingerprint density at radius 3 is 2.60 bits per heavy atom. The average Bonchev–Trinajstić information content (AvgIpc) is 2.59. The topological polar surface area (TPSA) is 32.3 Å². The van der Waals surface area contributed by atoms with Crippen LogP contribution in [0.4, 0.5) is 0 Å². The molecule has 15 heavy (non-hydrogen) atoms. The van der Waals surface area contributed by atoms with Crippen LogP contribution < -0.4 is 5.32 Å². The van der Waals surface area contributed by atoms with E-state index < -0.39 is 0 Å². The zero-order valence-corrected chi connectivity index (χ0v) is 10.4. The molecular weight excluding hydrogens is 188 g/mol. The molecular formula is C12H24N2O. The molecule has 1 saturated heterocycles. The van der Waals surface area contributed by atoms with E-state index in [0.29, 0.717) is 18.0 Å². The molecule has 0 radical (unpaired) electrons. The number of amides is 1. The van der Waals surface area contributed by atoms with Crippen LogP contribution in [0.5, 0.6) is 0 Å². The molecule has 0 aromatic heterocycles. The minimum absolute atomic E-state index is 0.193. The molecule has 1 fully saturated rings. The van der Waals surface area contributed by atoms with E-state index in [4.69, 9.17) is 0 Å². The van der Waals surface area contributed by atoms with Crippen molar-refractivity contribution in [2.75, 3.05) is 13.1 Å². The first-order chi connectivity index (χ1) is 7.07. The summed E-state index contributed by atoms with van der Waals surface area (Å²) in [5.41, 5.74) is 0. The number of carbonyl (C=O) groups is 1. The maximum Gasteiger partial charge on any atom is 0.227 e.